The number of methoxy groups -OCH3 is 1. The third-order valence-electron chi connectivity index (χ3n) is 4.00. The van der Waals surface area contributed by atoms with Gasteiger partial charge in [0.1, 0.15) is 11.9 Å². The van der Waals surface area contributed by atoms with Gasteiger partial charge in [0.2, 0.25) is 0 Å². The van der Waals surface area contributed by atoms with E-state index in [1.807, 2.05) is 19.2 Å². The van der Waals surface area contributed by atoms with Gasteiger partial charge in [-0.3, -0.25) is 0 Å². The number of para-hydroxylation sites is 1. The summed E-state index contributed by atoms with van der Waals surface area (Å²) in [6, 6.07) is 17.0. The minimum absolute atomic E-state index is 0.0779. The highest BCUT2D eigenvalue weighted by Crippen LogP contribution is 2.40. The fraction of sp³-hybridized carbons (Fsp3) is 0.333. The summed E-state index contributed by atoms with van der Waals surface area (Å²) in [5.41, 5.74) is 3.63. The van der Waals surface area contributed by atoms with Gasteiger partial charge in [0.15, 0.2) is 0 Å². The van der Waals surface area contributed by atoms with Gasteiger partial charge in [0.05, 0.1) is 6.61 Å². The topological polar surface area (TPSA) is 30.5 Å². The molecule has 0 aromatic heterocycles. The highest BCUT2D eigenvalue weighted by atomic mass is 16.5. The normalized spacial score (nSPS) is 20.7. The number of benzene rings is 2. The molecule has 110 valence electrons. The molecule has 2 unspecified atom stereocenters. The minimum atomic E-state index is 0.0779. The first-order chi connectivity index (χ1) is 10.3. The lowest BCUT2D eigenvalue weighted by atomic mass is 9.92. The van der Waals surface area contributed by atoms with Crippen LogP contribution in [-0.4, -0.2) is 14.2 Å². The Hall–Kier alpha value is -1.84. The summed E-state index contributed by atoms with van der Waals surface area (Å²) in [6.45, 7) is 0.632. The molecular weight excluding hydrogens is 262 g/mol. The molecule has 0 saturated heterocycles. The van der Waals surface area contributed by atoms with Crippen molar-refractivity contribution in [1.82, 2.24) is 5.32 Å². The Bertz CT molecular complexity index is 612. The summed E-state index contributed by atoms with van der Waals surface area (Å²) in [4.78, 5) is 0. The fourth-order valence-corrected chi connectivity index (χ4v) is 2.95. The van der Waals surface area contributed by atoms with E-state index >= 15 is 0 Å². The zero-order valence-electron chi connectivity index (χ0n) is 12.5. The van der Waals surface area contributed by atoms with Gasteiger partial charge in [-0.05, 0) is 30.3 Å². The van der Waals surface area contributed by atoms with Crippen molar-refractivity contribution in [2.24, 2.45) is 0 Å². The highest BCUT2D eigenvalue weighted by molar-refractivity contribution is 5.39. The van der Waals surface area contributed by atoms with E-state index in [1.54, 1.807) is 7.11 Å². The van der Waals surface area contributed by atoms with Crippen molar-refractivity contribution in [2.75, 3.05) is 14.2 Å². The Morgan fingerprint density at radius 2 is 2.05 bits per heavy atom. The molecule has 2 aromatic carbocycles. The van der Waals surface area contributed by atoms with Gasteiger partial charge in [-0.25, -0.2) is 0 Å². The monoisotopic (exact) mass is 283 g/mol. The molecule has 21 heavy (non-hydrogen) atoms. The molecule has 1 heterocycles. The zero-order chi connectivity index (χ0) is 14.7. The highest BCUT2D eigenvalue weighted by Gasteiger charge is 2.28. The van der Waals surface area contributed by atoms with Gasteiger partial charge in [0.25, 0.3) is 0 Å². The SMILES string of the molecule is CNC1CC(c2cccc(COC)c2)Oc2ccccc21. The van der Waals surface area contributed by atoms with Gasteiger partial charge in [0, 0.05) is 25.1 Å². The molecule has 3 nitrogen and oxygen atoms in total. The van der Waals surface area contributed by atoms with Crippen LogP contribution >= 0.6 is 0 Å². The maximum atomic E-state index is 6.20. The predicted octanol–water partition coefficient (Wildman–Crippen LogP) is 3.62. The molecule has 2 atom stereocenters. The van der Waals surface area contributed by atoms with Crippen LogP contribution in [0, 0.1) is 0 Å². The van der Waals surface area contributed by atoms with Crippen LogP contribution in [-0.2, 0) is 11.3 Å². The molecule has 0 bridgehead atoms. The molecule has 0 spiro atoms. The smallest absolute Gasteiger partial charge is 0.126 e. The van der Waals surface area contributed by atoms with E-state index in [4.69, 9.17) is 9.47 Å². The largest absolute Gasteiger partial charge is 0.485 e. The van der Waals surface area contributed by atoms with Crippen molar-refractivity contribution in [3.8, 4) is 5.75 Å². The lowest BCUT2D eigenvalue weighted by Crippen LogP contribution is -2.26. The van der Waals surface area contributed by atoms with Crippen LogP contribution in [0.4, 0.5) is 0 Å². The second-order valence-electron chi connectivity index (χ2n) is 5.40. The lowest BCUT2D eigenvalue weighted by Gasteiger charge is -2.32. The van der Waals surface area contributed by atoms with Crippen molar-refractivity contribution in [3.05, 3.63) is 65.2 Å². The molecule has 0 aliphatic carbocycles. The second kappa shape index (κ2) is 6.29. The Morgan fingerprint density at radius 3 is 2.86 bits per heavy atom. The van der Waals surface area contributed by atoms with E-state index in [2.05, 4.69) is 41.7 Å². The molecule has 1 aliphatic rings. The van der Waals surface area contributed by atoms with Crippen LogP contribution in [0.5, 0.6) is 5.75 Å². The van der Waals surface area contributed by atoms with Crippen LogP contribution in [0.25, 0.3) is 0 Å². The van der Waals surface area contributed by atoms with E-state index in [0.29, 0.717) is 12.6 Å². The maximum absolute atomic E-state index is 6.20. The summed E-state index contributed by atoms with van der Waals surface area (Å²) < 4.78 is 11.4. The van der Waals surface area contributed by atoms with Gasteiger partial charge >= 0.3 is 0 Å². The van der Waals surface area contributed by atoms with Crippen molar-refractivity contribution in [2.45, 2.75) is 25.2 Å². The van der Waals surface area contributed by atoms with Crippen molar-refractivity contribution >= 4 is 0 Å². The molecule has 3 heteroatoms. The first-order valence-electron chi connectivity index (χ1n) is 7.32. The van der Waals surface area contributed by atoms with E-state index in [1.165, 1.54) is 16.7 Å². The van der Waals surface area contributed by atoms with Crippen LogP contribution < -0.4 is 10.1 Å². The Kier molecular flexibility index (Phi) is 4.23. The Labute approximate surface area is 125 Å². The summed E-state index contributed by atoms with van der Waals surface area (Å²) in [5.74, 6) is 0.977. The van der Waals surface area contributed by atoms with Crippen LogP contribution in [0.3, 0.4) is 0 Å². The lowest BCUT2D eigenvalue weighted by molar-refractivity contribution is 0.153. The van der Waals surface area contributed by atoms with E-state index in [-0.39, 0.29) is 6.10 Å². The zero-order valence-corrected chi connectivity index (χ0v) is 12.5. The van der Waals surface area contributed by atoms with E-state index < -0.39 is 0 Å². The van der Waals surface area contributed by atoms with Gasteiger partial charge in [-0.15, -0.1) is 0 Å². The number of fused-ring (bicyclic) bond motifs is 1. The van der Waals surface area contributed by atoms with Crippen molar-refractivity contribution in [3.63, 3.8) is 0 Å². The number of ether oxygens (including phenoxy) is 2. The summed E-state index contributed by atoms with van der Waals surface area (Å²) in [5, 5.41) is 3.39. The van der Waals surface area contributed by atoms with Crippen LogP contribution in [0.2, 0.25) is 0 Å². The number of nitrogens with one attached hydrogen (secondary N) is 1. The molecule has 1 N–H and O–H groups in total. The van der Waals surface area contributed by atoms with Crippen molar-refractivity contribution < 1.29 is 9.47 Å². The Morgan fingerprint density at radius 1 is 1.19 bits per heavy atom. The van der Waals surface area contributed by atoms with Crippen LogP contribution in [0.15, 0.2) is 48.5 Å². The van der Waals surface area contributed by atoms with E-state index in [0.717, 1.165) is 12.2 Å². The molecule has 1 aliphatic heterocycles. The molecule has 0 fully saturated rings. The minimum Gasteiger partial charge on any atom is -0.485 e. The fourth-order valence-electron chi connectivity index (χ4n) is 2.95. The van der Waals surface area contributed by atoms with E-state index in [9.17, 15) is 0 Å². The standard InChI is InChI=1S/C18H21NO2/c1-19-16-11-18(21-17-9-4-3-8-15(16)17)14-7-5-6-13(10-14)12-20-2/h3-10,16,18-19H,11-12H2,1-2H3. The average Bonchev–Trinajstić information content (AvgIpc) is 2.54. The molecule has 3 rings (SSSR count). The average molecular weight is 283 g/mol. The molecular formula is C18H21NO2. The molecule has 2 aromatic rings. The molecule has 0 radical (unpaired) electrons. The summed E-state index contributed by atoms with van der Waals surface area (Å²) in [6.07, 6.45) is 1.01. The summed E-state index contributed by atoms with van der Waals surface area (Å²) >= 11 is 0. The predicted molar refractivity (Wildman–Crippen MR) is 83.4 cm³/mol. The third-order valence-corrected chi connectivity index (χ3v) is 4.00. The second-order valence-corrected chi connectivity index (χ2v) is 5.40. The van der Waals surface area contributed by atoms with Gasteiger partial charge in [-0.1, -0.05) is 36.4 Å². The van der Waals surface area contributed by atoms with Gasteiger partial charge in [-0.2, -0.15) is 0 Å². The molecule has 0 saturated carbocycles. The number of hydrogen-bond acceptors (Lipinski definition) is 3. The summed E-state index contributed by atoms with van der Waals surface area (Å²) in [7, 11) is 3.72. The number of rotatable bonds is 4. The van der Waals surface area contributed by atoms with Gasteiger partial charge < -0.3 is 14.8 Å². The Balaban J connectivity index is 1.89. The first-order valence-corrected chi connectivity index (χ1v) is 7.32. The van der Waals surface area contributed by atoms with Crippen molar-refractivity contribution in [1.29, 1.82) is 0 Å². The first kappa shape index (κ1) is 14.1. The molecule has 0 amide bonds. The number of hydrogen-bond donors (Lipinski definition) is 1. The third kappa shape index (κ3) is 2.94. The van der Waals surface area contributed by atoms with Crippen LogP contribution in [0.1, 0.15) is 35.3 Å². The maximum Gasteiger partial charge on any atom is 0.126 e. The quantitative estimate of drug-likeness (QED) is 0.929.